The molecule has 3 heteroatoms. The molecule has 13 heavy (non-hydrogen) atoms. The summed E-state index contributed by atoms with van der Waals surface area (Å²) in [5, 5.41) is 17.9. The molecule has 0 aromatic heterocycles. The minimum atomic E-state index is -0.210. The first-order valence-corrected chi connectivity index (χ1v) is 4.09. The number of benzene rings is 1. The van der Waals surface area contributed by atoms with E-state index in [1.807, 2.05) is 6.07 Å². The molecular formula is C10H12N2O. The van der Waals surface area contributed by atoms with Crippen molar-refractivity contribution >= 4 is 0 Å². The zero-order valence-corrected chi connectivity index (χ0v) is 7.49. The van der Waals surface area contributed by atoms with Crippen LogP contribution >= 0.6 is 0 Å². The topological polar surface area (TPSA) is 70.0 Å². The van der Waals surface area contributed by atoms with Gasteiger partial charge in [0.25, 0.3) is 0 Å². The van der Waals surface area contributed by atoms with Gasteiger partial charge in [0.1, 0.15) is 5.75 Å². The summed E-state index contributed by atoms with van der Waals surface area (Å²) in [5.41, 5.74) is 7.21. The molecule has 0 amide bonds. The van der Waals surface area contributed by atoms with Crippen LogP contribution < -0.4 is 5.73 Å². The molecule has 1 atom stereocenters. The van der Waals surface area contributed by atoms with Crippen LogP contribution in [-0.2, 0) is 6.42 Å². The fourth-order valence-corrected chi connectivity index (χ4v) is 1.17. The summed E-state index contributed by atoms with van der Waals surface area (Å²) in [4.78, 5) is 0. The zero-order valence-electron chi connectivity index (χ0n) is 7.49. The number of phenols is 1. The van der Waals surface area contributed by atoms with Crippen LogP contribution in [0.1, 0.15) is 24.1 Å². The number of aromatic hydroxyl groups is 1. The maximum Gasteiger partial charge on any atom is 0.120 e. The molecule has 0 spiro atoms. The van der Waals surface area contributed by atoms with Crippen LogP contribution in [0.15, 0.2) is 18.2 Å². The van der Waals surface area contributed by atoms with E-state index in [2.05, 4.69) is 0 Å². The number of hydrogen-bond acceptors (Lipinski definition) is 3. The second-order valence-electron chi connectivity index (χ2n) is 3.02. The highest BCUT2D eigenvalue weighted by molar-refractivity contribution is 5.38. The molecule has 0 saturated carbocycles. The second kappa shape index (κ2) is 3.92. The molecule has 3 nitrogen and oxygen atoms in total. The smallest absolute Gasteiger partial charge is 0.120 e. The van der Waals surface area contributed by atoms with Gasteiger partial charge in [0.2, 0.25) is 0 Å². The van der Waals surface area contributed by atoms with E-state index < -0.39 is 0 Å². The number of phenolic OH excluding ortho intramolecular Hbond substituents is 1. The van der Waals surface area contributed by atoms with Gasteiger partial charge in [-0.2, -0.15) is 5.26 Å². The third-order valence-electron chi connectivity index (χ3n) is 1.87. The first-order chi connectivity index (χ1) is 6.15. The van der Waals surface area contributed by atoms with E-state index in [9.17, 15) is 5.11 Å². The molecule has 0 fully saturated rings. The summed E-state index contributed by atoms with van der Waals surface area (Å²) in [6.45, 7) is 1.80. The molecule has 0 aliphatic rings. The van der Waals surface area contributed by atoms with Crippen LogP contribution in [0.5, 0.6) is 5.75 Å². The Balaban J connectivity index is 3.05. The van der Waals surface area contributed by atoms with Crippen LogP contribution in [0.2, 0.25) is 0 Å². The number of nitriles is 1. The van der Waals surface area contributed by atoms with Crippen molar-refractivity contribution in [2.24, 2.45) is 5.73 Å². The van der Waals surface area contributed by atoms with E-state index in [-0.39, 0.29) is 11.8 Å². The summed E-state index contributed by atoms with van der Waals surface area (Å²) >= 11 is 0. The molecule has 1 aromatic carbocycles. The Labute approximate surface area is 77.4 Å². The summed E-state index contributed by atoms with van der Waals surface area (Å²) in [6, 6.07) is 6.91. The molecule has 0 unspecified atom stereocenters. The fourth-order valence-electron chi connectivity index (χ4n) is 1.17. The fraction of sp³-hybridized carbons (Fsp3) is 0.300. The lowest BCUT2D eigenvalue weighted by atomic mass is 10.0. The molecule has 0 heterocycles. The molecule has 0 aliphatic heterocycles. The van der Waals surface area contributed by atoms with Crippen molar-refractivity contribution in [3.8, 4) is 11.8 Å². The second-order valence-corrected chi connectivity index (χ2v) is 3.02. The van der Waals surface area contributed by atoms with Gasteiger partial charge in [-0.15, -0.1) is 0 Å². The van der Waals surface area contributed by atoms with E-state index in [4.69, 9.17) is 11.0 Å². The lowest BCUT2D eigenvalue weighted by Crippen LogP contribution is -2.05. The highest BCUT2D eigenvalue weighted by Gasteiger charge is 2.06. The zero-order chi connectivity index (χ0) is 9.84. The summed E-state index contributed by atoms with van der Waals surface area (Å²) in [7, 11) is 0. The van der Waals surface area contributed by atoms with Gasteiger partial charge in [-0.1, -0.05) is 6.07 Å². The van der Waals surface area contributed by atoms with Gasteiger partial charge < -0.3 is 10.8 Å². The van der Waals surface area contributed by atoms with Crippen molar-refractivity contribution in [3.63, 3.8) is 0 Å². The van der Waals surface area contributed by atoms with Crippen LogP contribution in [-0.4, -0.2) is 5.11 Å². The van der Waals surface area contributed by atoms with Crippen molar-refractivity contribution in [3.05, 3.63) is 29.3 Å². The van der Waals surface area contributed by atoms with Crippen LogP contribution in [0.25, 0.3) is 0 Å². The van der Waals surface area contributed by atoms with Gasteiger partial charge in [-0.05, 0) is 24.6 Å². The molecule has 0 radical (unpaired) electrons. The highest BCUT2D eigenvalue weighted by Crippen LogP contribution is 2.23. The molecule has 1 aromatic rings. The van der Waals surface area contributed by atoms with Crippen molar-refractivity contribution < 1.29 is 5.11 Å². The number of nitrogens with two attached hydrogens (primary N) is 1. The monoisotopic (exact) mass is 176 g/mol. The number of rotatable bonds is 2. The van der Waals surface area contributed by atoms with Crippen molar-refractivity contribution in [1.29, 1.82) is 5.26 Å². The maximum absolute atomic E-state index is 9.41. The van der Waals surface area contributed by atoms with E-state index in [0.717, 1.165) is 5.56 Å². The van der Waals surface area contributed by atoms with Crippen molar-refractivity contribution in [2.75, 3.05) is 0 Å². The Kier molecular flexibility index (Phi) is 2.88. The van der Waals surface area contributed by atoms with Gasteiger partial charge in [0, 0.05) is 11.6 Å². The molecule has 1 rings (SSSR count). The Morgan fingerprint density at radius 2 is 2.31 bits per heavy atom. The molecule has 3 N–H and O–H groups in total. The largest absolute Gasteiger partial charge is 0.508 e. The van der Waals surface area contributed by atoms with Gasteiger partial charge in [-0.3, -0.25) is 0 Å². The standard InChI is InChI=1S/C10H12N2O/c1-7(12)9-6-8(4-5-11)2-3-10(9)13/h2-3,6-7,13H,4,12H2,1H3/t7-/m1/s1. The lowest BCUT2D eigenvalue weighted by Gasteiger charge is -2.09. The minimum absolute atomic E-state index is 0.191. The highest BCUT2D eigenvalue weighted by atomic mass is 16.3. The minimum Gasteiger partial charge on any atom is -0.508 e. The quantitative estimate of drug-likeness (QED) is 0.717. The average Bonchev–Trinajstić information content (AvgIpc) is 2.08. The average molecular weight is 176 g/mol. The van der Waals surface area contributed by atoms with E-state index in [1.54, 1.807) is 25.1 Å². The van der Waals surface area contributed by atoms with E-state index in [1.165, 1.54) is 0 Å². The van der Waals surface area contributed by atoms with E-state index >= 15 is 0 Å². The van der Waals surface area contributed by atoms with Crippen LogP contribution in [0.3, 0.4) is 0 Å². The van der Waals surface area contributed by atoms with Gasteiger partial charge in [-0.25, -0.2) is 0 Å². The van der Waals surface area contributed by atoms with Crippen molar-refractivity contribution in [2.45, 2.75) is 19.4 Å². The first-order valence-electron chi connectivity index (χ1n) is 4.09. The third-order valence-corrected chi connectivity index (χ3v) is 1.87. The van der Waals surface area contributed by atoms with Gasteiger partial charge >= 0.3 is 0 Å². The Bertz CT molecular complexity index is 339. The molecule has 68 valence electrons. The Morgan fingerprint density at radius 3 is 2.85 bits per heavy atom. The summed E-state index contributed by atoms with van der Waals surface area (Å²) in [6.07, 6.45) is 0.347. The van der Waals surface area contributed by atoms with E-state index in [0.29, 0.717) is 12.0 Å². The summed E-state index contributed by atoms with van der Waals surface area (Å²) < 4.78 is 0. The normalized spacial score (nSPS) is 12.1. The predicted molar refractivity (Wildman–Crippen MR) is 50.0 cm³/mol. The predicted octanol–water partition coefficient (Wildman–Crippen LogP) is 1.48. The molecule has 0 saturated heterocycles. The third kappa shape index (κ3) is 2.20. The number of nitrogens with zero attached hydrogens (tertiary/aromatic N) is 1. The van der Waals surface area contributed by atoms with Gasteiger partial charge in [0.15, 0.2) is 0 Å². The molecule has 0 aliphatic carbocycles. The Hall–Kier alpha value is -1.53. The molecular weight excluding hydrogens is 164 g/mol. The SMILES string of the molecule is C[C@@H](N)c1cc(CC#N)ccc1O. The molecule has 0 bridgehead atoms. The maximum atomic E-state index is 9.41. The lowest BCUT2D eigenvalue weighted by molar-refractivity contribution is 0.463. The summed E-state index contributed by atoms with van der Waals surface area (Å²) in [5.74, 6) is 0.191. The first kappa shape index (κ1) is 9.56. The Morgan fingerprint density at radius 1 is 1.62 bits per heavy atom. The number of hydrogen-bond donors (Lipinski definition) is 2. The van der Waals surface area contributed by atoms with Crippen LogP contribution in [0.4, 0.5) is 0 Å². The van der Waals surface area contributed by atoms with Crippen LogP contribution in [0, 0.1) is 11.3 Å². The van der Waals surface area contributed by atoms with Crippen molar-refractivity contribution in [1.82, 2.24) is 0 Å². The van der Waals surface area contributed by atoms with Gasteiger partial charge in [0.05, 0.1) is 12.5 Å².